The van der Waals surface area contributed by atoms with Gasteiger partial charge in [-0.15, -0.1) is 0 Å². The molecule has 3 N–H and O–H groups in total. The number of rotatable bonds is 4. The molecule has 0 unspecified atom stereocenters. The molecule has 21 heavy (non-hydrogen) atoms. The van der Waals surface area contributed by atoms with Crippen LogP contribution < -0.4 is 5.73 Å². The number of nitrogens with two attached hydrogens (primary N) is 1. The van der Waals surface area contributed by atoms with Gasteiger partial charge in [-0.1, -0.05) is 29.4 Å². The molecule has 0 radical (unpaired) electrons. The SMILES string of the molecule is N=C(c1ccc(-c2cc(CC(N)=O)on2)cc1)N1CCC1. The zero-order valence-electron chi connectivity index (χ0n) is 11.5. The maximum atomic E-state index is 10.8. The van der Waals surface area contributed by atoms with Crippen LogP contribution in [-0.2, 0) is 11.2 Å². The predicted octanol–water partition coefficient (Wildman–Crippen LogP) is 1.40. The summed E-state index contributed by atoms with van der Waals surface area (Å²) in [6, 6.07) is 9.31. The van der Waals surface area contributed by atoms with E-state index >= 15 is 0 Å². The van der Waals surface area contributed by atoms with E-state index in [0.29, 0.717) is 17.3 Å². The highest BCUT2D eigenvalue weighted by molar-refractivity contribution is 5.97. The van der Waals surface area contributed by atoms with Crippen molar-refractivity contribution >= 4 is 11.7 Å². The molecule has 0 atom stereocenters. The molecule has 1 fully saturated rings. The normalized spacial score (nSPS) is 13.8. The number of aromatic nitrogens is 1. The molecule has 2 aromatic rings. The topological polar surface area (TPSA) is 96.2 Å². The first-order valence-corrected chi connectivity index (χ1v) is 6.81. The number of primary amides is 1. The molecule has 0 saturated carbocycles. The van der Waals surface area contributed by atoms with Gasteiger partial charge in [0.05, 0.1) is 6.42 Å². The van der Waals surface area contributed by atoms with Gasteiger partial charge in [0, 0.05) is 30.3 Å². The van der Waals surface area contributed by atoms with Crippen LogP contribution >= 0.6 is 0 Å². The monoisotopic (exact) mass is 284 g/mol. The van der Waals surface area contributed by atoms with Gasteiger partial charge in [-0.25, -0.2) is 0 Å². The van der Waals surface area contributed by atoms with E-state index in [9.17, 15) is 4.79 Å². The smallest absolute Gasteiger partial charge is 0.225 e. The average Bonchev–Trinajstić information content (AvgIpc) is 2.84. The van der Waals surface area contributed by atoms with Crippen LogP contribution in [0.1, 0.15) is 17.7 Å². The lowest BCUT2D eigenvalue weighted by atomic mass is 10.1. The quantitative estimate of drug-likeness (QED) is 0.655. The Morgan fingerprint density at radius 2 is 2.05 bits per heavy atom. The van der Waals surface area contributed by atoms with E-state index in [-0.39, 0.29) is 6.42 Å². The Balaban J connectivity index is 1.75. The van der Waals surface area contributed by atoms with Crippen LogP contribution in [0.15, 0.2) is 34.9 Å². The molecule has 1 aliphatic rings. The standard InChI is InChI=1S/C15H16N4O2/c16-14(20)9-12-8-13(18-21-12)10-2-4-11(5-3-10)15(17)19-6-1-7-19/h2-5,8,17H,1,6-7,9H2,(H2,16,20). The van der Waals surface area contributed by atoms with E-state index in [1.54, 1.807) is 6.07 Å². The van der Waals surface area contributed by atoms with Crippen LogP contribution in [0.5, 0.6) is 0 Å². The lowest BCUT2D eigenvalue weighted by molar-refractivity contribution is -0.117. The Kier molecular flexibility index (Phi) is 3.43. The highest BCUT2D eigenvalue weighted by Crippen LogP contribution is 2.21. The van der Waals surface area contributed by atoms with E-state index in [1.165, 1.54) is 0 Å². The van der Waals surface area contributed by atoms with Crippen molar-refractivity contribution in [2.24, 2.45) is 5.73 Å². The van der Waals surface area contributed by atoms with Crippen LogP contribution in [0.3, 0.4) is 0 Å². The Bertz CT molecular complexity index is 671. The summed E-state index contributed by atoms with van der Waals surface area (Å²) in [5.74, 6) is 0.563. The average molecular weight is 284 g/mol. The molecular weight excluding hydrogens is 268 g/mol. The fourth-order valence-electron chi connectivity index (χ4n) is 2.23. The van der Waals surface area contributed by atoms with E-state index in [2.05, 4.69) is 5.16 Å². The number of hydrogen-bond acceptors (Lipinski definition) is 4. The van der Waals surface area contributed by atoms with Gasteiger partial charge in [-0.05, 0) is 6.42 Å². The highest BCUT2D eigenvalue weighted by Gasteiger charge is 2.18. The van der Waals surface area contributed by atoms with Crippen molar-refractivity contribution in [2.45, 2.75) is 12.8 Å². The molecular formula is C15H16N4O2. The van der Waals surface area contributed by atoms with Crippen molar-refractivity contribution in [3.05, 3.63) is 41.7 Å². The van der Waals surface area contributed by atoms with E-state index in [4.69, 9.17) is 15.7 Å². The van der Waals surface area contributed by atoms with E-state index < -0.39 is 5.91 Å². The Hall–Kier alpha value is -2.63. The van der Waals surface area contributed by atoms with Crippen molar-refractivity contribution in [1.29, 1.82) is 5.41 Å². The number of nitrogens with zero attached hydrogens (tertiary/aromatic N) is 2. The molecule has 0 aliphatic carbocycles. The minimum atomic E-state index is -0.448. The van der Waals surface area contributed by atoms with Gasteiger partial charge in [0.1, 0.15) is 17.3 Å². The molecule has 0 spiro atoms. The first-order chi connectivity index (χ1) is 10.1. The van der Waals surface area contributed by atoms with Crippen LogP contribution in [0, 0.1) is 5.41 Å². The van der Waals surface area contributed by atoms with Gasteiger partial charge in [0.25, 0.3) is 0 Å². The Morgan fingerprint density at radius 1 is 1.33 bits per heavy atom. The number of hydrogen-bond donors (Lipinski definition) is 2. The number of carbonyl (C=O) groups is 1. The Labute approximate surface area is 122 Å². The summed E-state index contributed by atoms with van der Waals surface area (Å²) in [6.45, 7) is 1.92. The number of likely N-dealkylation sites (tertiary alicyclic amines) is 1. The first kappa shape index (κ1) is 13.4. The molecule has 1 aromatic heterocycles. The Morgan fingerprint density at radius 3 is 2.62 bits per heavy atom. The molecule has 3 rings (SSSR count). The molecule has 108 valence electrons. The summed E-state index contributed by atoms with van der Waals surface area (Å²) >= 11 is 0. The molecule has 1 saturated heterocycles. The molecule has 6 heteroatoms. The minimum absolute atomic E-state index is 0.0463. The van der Waals surface area contributed by atoms with Crippen molar-refractivity contribution in [2.75, 3.05) is 13.1 Å². The molecule has 1 amide bonds. The third-order valence-electron chi connectivity index (χ3n) is 3.53. The number of carbonyl (C=O) groups excluding carboxylic acids is 1. The minimum Gasteiger partial charge on any atom is -0.369 e. The van der Waals surface area contributed by atoms with Crippen LogP contribution in [0.2, 0.25) is 0 Å². The summed E-state index contributed by atoms with van der Waals surface area (Å²) < 4.78 is 5.07. The number of benzene rings is 1. The van der Waals surface area contributed by atoms with E-state index in [0.717, 1.165) is 30.6 Å². The van der Waals surface area contributed by atoms with Crippen molar-refractivity contribution < 1.29 is 9.32 Å². The van der Waals surface area contributed by atoms with Gasteiger partial charge in [-0.2, -0.15) is 0 Å². The second kappa shape index (κ2) is 5.40. The first-order valence-electron chi connectivity index (χ1n) is 6.81. The zero-order chi connectivity index (χ0) is 14.8. The summed E-state index contributed by atoms with van der Waals surface area (Å²) in [7, 11) is 0. The number of amides is 1. The highest BCUT2D eigenvalue weighted by atomic mass is 16.5. The van der Waals surface area contributed by atoms with E-state index in [1.807, 2.05) is 29.2 Å². The summed E-state index contributed by atoms with van der Waals surface area (Å²) in [5, 5.41) is 12.0. The second-order valence-corrected chi connectivity index (χ2v) is 5.09. The fourth-order valence-corrected chi connectivity index (χ4v) is 2.23. The molecule has 2 heterocycles. The van der Waals surface area contributed by atoms with Gasteiger partial charge in [0.15, 0.2) is 0 Å². The maximum Gasteiger partial charge on any atom is 0.225 e. The van der Waals surface area contributed by atoms with Crippen molar-refractivity contribution in [3.63, 3.8) is 0 Å². The van der Waals surface area contributed by atoms with Crippen LogP contribution in [0.4, 0.5) is 0 Å². The van der Waals surface area contributed by atoms with Crippen LogP contribution in [-0.4, -0.2) is 34.9 Å². The molecule has 1 aromatic carbocycles. The third-order valence-corrected chi connectivity index (χ3v) is 3.53. The second-order valence-electron chi connectivity index (χ2n) is 5.09. The molecule has 6 nitrogen and oxygen atoms in total. The van der Waals surface area contributed by atoms with Crippen molar-refractivity contribution in [3.8, 4) is 11.3 Å². The van der Waals surface area contributed by atoms with Crippen LogP contribution in [0.25, 0.3) is 11.3 Å². The number of nitrogens with one attached hydrogen (secondary N) is 1. The number of amidine groups is 1. The lowest BCUT2D eigenvalue weighted by Crippen LogP contribution is -2.42. The van der Waals surface area contributed by atoms with Gasteiger partial charge in [-0.3, -0.25) is 10.2 Å². The largest absolute Gasteiger partial charge is 0.369 e. The summed E-state index contributed by atoms with van der Waals surface area (Å²) in [6.07, 6.45) is 1.20. The van der Waals surface area contributed by atoms with Gasteiger partial charge < -0.3 is 15.2 Å². The molecule has 1 aliphatic heterocycles. The zero-order valence-corrected chi connectivity index (χ0v) is 11.5. The summed E-state index contributed by atoms with van der Waals surface area (Å²) in [5.41, 5.74) is 7.55. The van der Waals surface area contributed by atoms with Gasteiger partial charge in [0.2, 0.25) is 5.91 Å². The fraction of sp³-hybridized carbons (Fsp3) is 0.267. The molecule has 0 bridgehead atoms. The summed E-state index contributed by atoms with van der Waals surface area (Å²) in [4.78, 5) is 12.9. The third kappa shape index (κ3) is 2.79. The van der Waals surface area contributed by atoms with Gasteiger partial charge >= 0.3 is 0 Å². The maximum absolute atomic E-state index is 10.8. The lowest BCUT2D eigenvalue weighted by Gasteiger charge is -2.33. The predicted molar refractivity (Wildman–Crippen MR) is 77.9 cm³/mol. The van der Waals surface area contributed by atoms with Crippen molar-refractivity contribution in [1.82, 2.24) is 10.1 Å².